The summed E-state index contributed by atoms with van der Waals surface area (Å²) >= 11 is 4.20. The van der Waals surface area contributed by atoms with Crippen LogP contribution >= 0.6 is 12.6 Å². The van der Waals surface area contributed by atoms with Crippen LogP contribution in [0.4, 0.5) is 0 Å². The minimum absolute atomic E-state index is 0. The van der Waals surface area contributed by atoms with Crippen molar-refractivity contribution in [3.63, 3.8) is 0 Å². The zero-order chi connectivity index (χ0) is 26.8. The predicted octanol–water partition coefficient (Wildman–Crippen LogP) is 5.40. The van der Waals surface area contributed by atoms with Crippen LogP contribution in [0.25, 0.3) is 0 Å². The van der Waals surface area contributed by atoms with E-state index < -0.39 is 5.97 Å². The van der Waals surface area contributed by atoms with Gasteiger partial charge < -0.3 is 14.6 Å². The molecule has 0 fully saturated rings. The van der Waals surface area contributed by atoms with E-state index in [1.54, 1.807) is 0 Å². The average molecular weight is 553 g/mol. The molecular weight excluding hydrogens is 495 g/mol. The molecular formula is C30H57KO4S. The first kappa shape index (κ1) is 43.5. The Morgan fingerprint density at radius 1 is 0.639 bits per heavy atom. The van der Waals surface area contributed by atoms with E-state index in [9.17, 15) is 4.79 Å². The van der Waals surface area contributed by atoms with Crippen LogP contribution in [0.2, 0.25) is 0 Å². The molecule has 0 aromatic rings. The van der Waals surface area contributed by atoms with E-state index in [2.05, 4.69) is 39.6 Å². The Balaban J connectivity index is -0.000000239. The summed E-state index contributed by atoms with van der Waals surface area (Å²) in [5.41, 5.74) is 0. The van der Waals surface area contributed by atoms with Gasteiger partial charge in [0.25, 0.3) is 0 Å². The first-order chi connectivity index (χ1) is 17.0. The molecule has 0 rings (SSSR count). The molecule has 0 bridgehead atoms. The molecule has 0 N–H and O–H groups in total. The number of carbonyl (C=O) groups excluding carboxylic acids is 2. The number of carboxylic acids is 1. The summed E-state index contributed by atoms with van der Waals surface area (Å²) in [6, 6.07) is 0. The number of unbranched alkanes of at least 4 members (excludes halogenated alkanes) is 18. The molecule has 208 valence electrons. The molecule has 0 aliphatic heterocycles. The van der Waals surface area contributed by atoms with Crippen LogP contribution in [-0.4, -0.2) is 24.3 Å². The van der Waals surface area contributed by atoms with E-state index in [0.29, 0.717) is 6.61 Å². The smallest absolute Gasteiger partial charge is 0.545 e. The van der Waals surface area contributed by atoms with Crippen LogP contribution in [0.3, 0.4) is 0 Å². The average Bonchev–Trinajstić information content (AvgIpc) is 2.87. The van der Waals surface area contributed by atoms with Gasteiger partial charge in [0.1, 0.15) is 0 Å². The zero-order valence-corrected chi connectivity index (χ0v) is 28.2. The summed E-state index contributed by atoms with van der Waals surface area (Å²) in [5.74, 6) is -0.470. The molecule has 0 aromatic heterocycles. The number of ether oxygens (including phenoxy) is 1. The fourth-order valence-corrected chi connectivity index (χ4v) is 3.64. The molecule has 0 aromatic carbocycles. The maximum Gasteiger partial charge on any atom is 1.00 e. The maximum atomic E-state index is 10.7. The number of carbonyl (C=O) groups is 2. The third-order valence-electron chi connectivity index (χ3n) is 5.59. The number of aliphatic carboxylic acids is 1. The van der Waals surface area contributed by atoms with E-state index in [0.717, 1.165) is 18.2 Å². The molecule has 0 heterocycles. The van der Waals surface area contributed by atoms with E-state index in [1.165, 1.54) is 128 Å². The van der Waals surface area contributed by atoms with Crippen molar-refractivity contribution < 1.29 is 70.8 Å². The molecule has 0 saturated carbocycles. The molecule has 0 radical (unpaired) electrons. The summed E-state index contributed by atoms with van der Waals surface area (Å²) in [4.78, 5) is 19.9. The summed E-state index contributed by atoms with van der Waals surface area (Å²) in [7, 11) is 0. The molecule has 0 aliphatic carbocycles. The van der Waals surface area contributed by atoms with E-state index in [4.69, 9.17) is 14.6 Å². The SMILES string of the molecule is C=CC(=O)OCCCCCCCCCCCC.C=CC(=O)[O-].CCCCCCCCCCCCS.[K+]. The van der Waals surface area contributed by atoms with Crippen LogP contribution in [-0.2, 0) is 14.3 Å². The Morgan fingerprint density at radius 3 is 1.22 bits per heavy atom. The minimum Gasteiger partial charge on any atom is -0.545 e. The second-order valence-corrected chi connectivity index (χ2v) is 9.43. The standard InChI is InChI=1S/C15H28O2.C12H26S.C3H4O2.K/c1-3-5-6-7-8-9-10-11-12-13-14-17-15(16)4-2;1-2-3-4-5-6-7-8-9-10-11-12-13;1-2-3(4)5;/h4H,2-3,5-14H2,1H3;13H,2-12H2,1H3;2H,1H2,(H,4,5);/q;;;+1/p-1. The Morgan fingerprint density at radius 2 is 0.944 bits per heavy atom. The van der Waals surface area contributed by atoms with E-state index in [-0.39, 0.29) is 57.4 Å². The van der Waals surface area contributed by atoms with Crippen molar-refractivity contribution in [3.05, 3.63) is 25.3 Å². The molecule has 36 heavy (non-hydrogen) atoms. The quantitative estimate of drug-likeness (QED) is 0.0606. The summed E-state index contributed by atoms with van der Waals surface area (Å²) in [5, 5.41) is 9.14. The second-order valence-electron chi connectivity index (χ2n) is 8.98. The monoisotopic (exact) mass is 552 g/mol. The van der Waals surface area contributed by atoms with Gasteiger partial charge >= 0.3 is 57.4 Å². The van der Waals surface area contributed by atoms with Gasteiger partial charge in [-0.15, -0.1) is 0 Å². The molecule has 0 spiro atoms. The molecule has 0 unspecified atom stereocenters. The van der Waals surface area contributed by atoms with Crippen LogP contribution in [0.1, 0.15) is 142 Å². The van der Waals surface area contributed by atoms with Gasteiger partial charge in [-0.05, 0) is 24.7 Å². The topological polar surface area (TPSA) is 66.4 Å². The molecule has 6 heteroatoms. The fraction of sp³-hybridized carbons (Fsp3) is 0.800. The van der Waals surface area contributed by atoms with E-state index in [1.807, 2.05) is 0 Å². The number of hydrogen-bond acceptors (Lipinski definition) is 5. The van der Waals surface area contributed by atoms with Crippen LogP contribution < -0.4 is 56.5 Å². The van der Waals surface area contributed by atoms with Gasteiger partial charge in [0.15, 0.2) is 0 Å². The Labute approximate surface area is 272 Å². The molecule has 0 aliphatic rings. The minimum atomic E-state index is -1.23. The molecule has 0 amide bonds. The summed E-state index contributed by atoms with van der Waals surface area (Å²) in [6.45, 7) is 11.3. The van der Waals surface area contributed by atoms with Crippen molar-refractivity contribution in [1.82, 2.24) is 0 Å². The summed E-state index contributed by atoms with van der Waals surface area (Å²) < 4.78 is 4.91. The van der Waals surface area contributed by atoms with Crippen molar-refractivity contribution in [2.45, 2.75) is 142 Å². The third-order valence-corrected chi connectivity index (χ3v) is 5.90. The third kappa shape index (κ3) is 51.1. The Hall–Kier alpha value is 0.406. The van der Waals surface area contributed by atoms with Crippen LogP contribution in [0, 0.1) is 0 Å². The van der Waals surface area contributed by atoms with Gasteiger partial charge in [0.2, 0.25) is 0 Å². The van der Waals surface area contributed by atoms with Crippen LogP contribution in [0.5, 0.6) is 0 Å². The number of rotatable bonds is 23. The second kappa shape index (κ2) is 42.5. The van der Waals surface area contributed by atoms with Crippen molar-refractivity contribution >= 4 is 24.6 Å². The Bertz CT molecular complexity index is 448. The van der Waals surface area contributed by atoms with Gasteiger partial charge in [-0.1, -0.05) is 143 Å². The first-order valence-electron chi connectivity index (χ1n) is 14.2. The zero-order valence-electron chi connectivity index (χ0n) is 24.2. The summed E-state index contributed by atoms with van der Waals surface area (Å²) in [6.07, 6.45) is 29.1. The predicted molar refractivity (Wildman–Crippen MR) is 154 cm³/mol. The molecule has 0 saturated heterocycles. The van der Waals surface area contributed by atoms with Crippen LogP contribution in [0.15, 0.2) is 25.3 Å². The van der Waals surface area contributed by atoms with E-state index >= 15 is 0 Å². The normalized spacial score (nSPS) is 9.53. The number of thiol groups is 1. The van der Waals surface area contributed by atoms with Crippen molar-refractivity contribution in [2.75, 3.05) is 12.4 Å². The molecule has 4 nitrogen and oxygen atoms in total. The van der Waals surface area contributed by atoms with Gasteiger partial charge in [-0.2, -0.15) is 12.6 Å². The number of hydrogen-bond donors (Lipinski definition) is 1. The molecule has 0 atom stereocenters. The number of carboxylic acid groups (broad SMARTS) is 1. The maximum absolute atomic E-state index is 10.7. The van der Waals surface area contributed by atoms with Crippen molar-refractivity contribution in [1.29, 1.82) is 0 Å². The fourth-order valence-electron chi connectivity index (χ4n) is 3.42. The Kier molecular flexibility index (Phi) is 51.3. The van der Waals surface area contributed by atoms with Gasteiger partial charge in [-0.25, -0.2) is 4.79 Å². The van der Waals surface area contributed by atoms with Crippen molar-refractivity contribution in [3.8, 4) is 0 Å². The van der Waals surface area contributed by atoms with Gasteiger partial charge in [0, 0.05) is 6.08 Å². The first-order valence-corrected chi connectivity index (χ1v) is 14.9. The van der Waals surface area contributed by atoms with Crippen molar-refractivity contribution in [2.24, 2.45) is 0 Å². The van der Waals surface area contributed by atoms with Gasteiger partial charge in [-0.3, -0.25) is 0 Å². The largest absolute Gasteiger partial charge is 1.00 e. The number of esters is 1. The van der Waals surface area contributed by atoms with Gasteiger partial charge in [0.05, 0.1) is 12.6 Å².